The monoisotopic (exact) mass is 201 g/mol. The minimum absolute atomic E-state index is 0.868. The molecule has 0 aliphatic heterocycles. The zero-order valence-corrected chi connectivity index (χ0v) is 9.21. The zero-order valence-electron chi connectivity index (χ0n) is 9.21. The van der Waals surface area contributed by atoms with Gasteiger partial charge in [-0.15, -0.1) is 6.58 Å². The molecule has 1 saturated carbocycles. The van der Waals surface area contributed by atoms with Crippen molar-refractivity contribution in [1.82, 2.24) is 5.32 Å². The third-order valence-corrected chi connectivity index (χ3v) is 2.88. The van der Waals surface area contributed by atoms with Crippen LogP contribution >= 0.6 is 0 Å². The van der Waals surface area contributed by atoms with Crippen molar-refractivity contribution in [2.24, 2.45) is 0 Å². The molecule has 0 saturated heterocycles. The molecule has 80 valence electrons. The van der Waals surface area contributed by atoms with Crippen LogP contribution in [0.1, 0.15) is 36.3 Å². The van der Waals surface area contributed by atoms with Gasteiger partial charge < -0.3 is 5.32 Å². The van der Waals surface area contributed by atoms with Gasteiger partial charge in [0.2, 0.25) is 0 Å². The molecular formula is C14H19N. The molecule has 1 aromatic rings. The number of benzene rings is 1. The van der Waals surface area contributed by atoms with E-state index in [4.69, 9.17) is 0 Å². The zero-order chi connectivity index (χ0) is 10.5. The SMILES string of the molecule is C=CCCNCc1ccc(C2CC2)cc1. The van der Waals surface area contributed by atoms with E-state index in [-0.39, 0.29) is 0 Å². The maximum Gasteiger partial charge on any atom is 0.0205 e. The third kappa shape index (κ3) is 3.21. The van der Waals surface area contributed by atoms with Crippen LogP contribution in [0, 0.1) is 0 Å². The normalized spacial score (nSPS) is 15.2. The maximum atomic E-state index is 3.70. The predicted molar refractivity (Wildman–Crippen MR) is 64.9 cm³/mol. The van der Waals surface area contributed by atoms with E-state index in [9.17, 15) is 0 Å². The van der Waals surface area contributed by atoms with Gasteiger partial charge in [0.15, 0.2) is 0 Å². The van der Waals surface area contributed by atoms with E-state index in [0.717, 1.165) is 25.4 Å². The average Bonchev–Trinajstić information content (AvgIpc) is 3.09. The summed E-state index contributed by atoms with van der Waals surface area (Å²) in [4.78, 5) is 0. The van der Waals surface area contributed by atoms with Gasteiger partial charge in [-0.25, -0.2) is 0 Å². The van der Waals surface area contributed by atoms with Crippen molar-refractivity contribution < 1.29 is 0 Å². The Balaban J connectivity index is 1.78. The second kappa shape index (κ2) is 5.13. The quantitative estimate of drug-likeness (QED) is 0.550. The number of nitrogens with one attached hydrogen (secondary N) is 1. The van der Waals surface area contributed by atoms with E-state index in [0.29, 0.717) is 0 Å². The van der Waals surface area contributed by atoms with Gasteiger partial charge in [0.25, 0.3) is 0 Å². The molecule has 0 spiro atoms. The summed E-state index contributed by atoms with van der Waals surface area (Å²) in [6, 6.07) is 9.05. The smallest absolute Gasteiger partial charge is 0.0205 e. The summed E-state index contributed by atoms with van der Waals surface area (Å²) >= 11 is 0. The molecule has 0 aromatic heterocycles. The molecule has 1 fully saturated rings. The first-order chi connectivity index (χ1) is 7.40. The Bertz CT molecular complexity index is 309. The largest absolute Gasteiger partial charge is 0.312 e. The van der Waals surface area contributed by atoms with Gasteiger partial charge >= 0.3 is 0 Å². The van der Waals surface area contributed by atoms with E-state index in [1.54, 1.807) is 0 Å². The molecule has 0 amide bonds. The molecule has 15 heavy (non-hydrogen) atoms. The van der Waals surface area contributed by atoms with Crippen LogP contribution in [0.2, 0.25) is 0 Å². The fraction of sp³-hybridized carbons (Fsp3) is 0.429. The van der Waals surface area contributed by atoms with Gasteiger partial charge in [-0.05, 0) is 42.9 Å². The molecule has 1 aliphatic rings. The fourth-order valence-corrected chi connectivity index (χ4v) is 1.76. The Hall–Kier alpha value is -1.08. The Labute approximate surface area is 92.2 Å². The third-order valence-electron chi connectivity index (χ3n) is 2.88. The Morgan fingerprint density at radius 3 is 2.60 bits per heavy atom. The average molecular weight is 201 g/mol. The molecule has 0 heterocycles. The first-order valence-corrected chi connectivity index (χ1v) is 5.80. The summed E-state index contributed by atoms with van der Waals surface area (Å²) in [6.45, 7) is 5.70. The van der Waals surface area contributed by atoms with E-state index in [1.165, 1.54) is 24.0 Å². The molecular weight excluding hydrogens is 182 g/mol. The van der Waals surface area contributed by atoms with Crippen molar-refractivity contribution >= 4 is 0 Å². The van der Waals surface area contributed by atoms with Crippen molar-refractivity contribution in [2.45, 2.75) is 31.7 Å². The molecule has 0 atom stereocenters. The Kier molecular flexibility index (Phi) is 3.57. The molecule has 0 unspecified atom stereocenters. The molecule has 1 nitrogen and oxygen atoms in total. The predicted octanol–water partition coefficient (Wildman–Crippen LogP) is 3.23. The minimum atomic E-state index is 0.868. The van der Waals surface area contributed by atoms with E-state index >= 15 is 0 Å². The second-order valence-electron chi connectivity index (χ2n) is 4.27. The van der Waals surface area contributed by atoms with Crippen molar-refractivity contribution in [3.05, 3.63) is 48.0 Å². The highest BCUT2D eigenvalue weighted by molar-refractivity contribution is 5.27. The standard InChI is InChI=1S/C14H19N/c1-2-3-10-15-11-12-4-6-13(7-5-12)14-8-9-14/h2,4-7,14-15H,1,3,8-11H2. The molecule has 1 aliphatic carbocycles. The Morgan fingerprint density at radius 2 is 2.00 bits per heavy atom. The number of hydrogen-bond acceptors (Lipinski definition) is 1. The van der Waals surface area contributed by atoms with Crippen LogP contribution in [0.15, 0.2) is 36.9 Å². The van der Waals surface area contributed by atoms with Crippen molar-refractivity contribution in [2.75, 3.05) is 6.54 Å². The molecule has 1 aromatic carbocycles. The summed E-state index contributed by atoms with van der Waals surface area (Å²) in [5.41, 5.74) is 2.90. The van der Waals surface area contributed by atoms with Crippen LogP contribution in [-0.2, 0) is 6.54 Å². The summed E-state index contributed by atoms with van der Waals surface area (Å²) in [7, 11) is 0. The van der Waals surface area contributed by atoms with Crippen LogP contribution in [0.25, 0.3) is 0 Å². The first-order valence-electron chi connectivity index (χ1n) is 5.80. The van der Waals surface area contributed by atoms with E-state index in [2.05, 4.69) is 36.2 Å². The summed E-state index contributed by atoms with van der Waals surface area (Å²) in [5, 5.41) is 3.40. The summed E-state index contributed by atoms with van der Waals surface area (Å²) < 4.78 is 0. The molecule has 1 heteroatoms. The van der Waals surface area contributed by atoms with Gasteiger partial charge in [-0.1, -0.05) is 30.3 Å². The maximum absolute atomic E-state index is 3.70. The van der Waals surface area contributed by atoms with Crippen LogP contribution in [-0.4, -0.2) is 6.54 Å². The second-order valence-corrected chi connectivity index (χ2v) is 4.27. The van der Waals surface area contributed by atoms with Crippen molar-refractivity contribution in [1.29, 1.82) is 0 Å². The van der Waals surface area contributed by atoms with Crippen molar-refractivity contribution in [3.8, 4) is 0 Å². The van der Waals surface area contributed by atoms with Gasteiger partial charge in [0.1, 0.15) is 0 Å². The lowest BCUT2D eigenvalue weighted by Gasteiger charge is -2.04. The van der Waals surface area contributed by atoms with Gasteiger partial charge in [0, 0.05) is 6.54 Å². The van der Waals surface area contributed by atoms with Crippen LogP contribution in [0.4, 0.5) is 0 Å². The summed E-state index contributed by atoms with van der Waals surface area (Å²) in [6.07, 6.45) is 5.76. The topological polar surface area (TPSA) is 12.0 Å². The lowest BCUT2D eigenvalue weighted by Crippen LogP contribution is -2.13. The van der Waals surface area contributed by atoms with Gasteiger partial charge in [-0.2, -0.15) is 0 Å². The highest BCUT2D eigenvalue weighted by Gasteiger charge is 2.22. The lowest BCUT2D eigenvalue weighted by molar-refractivity contribution is 0.695. The molecule has 1 N–H and O–H groups in total. The Morgan fingerprint density at radius 1 is 1.27 bits per heavy atom. The number of rotatable bonds is 6. The molecule has 0 bridgehead atoms. The van der Waals surface area contributed by atoms with E-state index in [1.807, 2.05) is 6.08 Å². The minimum Gasteiger partial charge on any atom is -0.312 e. The van der Waals surface area contributed by atoms with E-state index < -0.39 is 0 Å². The van der Waals surface area contributed by atoms with Crippen LogP contribution < -0.4 is 5.32 Å². The highest BCUT2D eigenvalue weighted by atomic mass is 14.8. The lowest BCUT2D eigenvalue weighted by atomic mass is 10.1. The van der Waals surface area contributed by atoms with Crippen molar-refractivity contribution in [3.63, 3.8) is 0 Å². The molecule has 0 radical (unpaired) electrons. The van der Waals surface area contributed by atoms with Gasteiger partial charge in [0.05, 0.1) is 0 Å². The van der Waals surface area contributed by atoms with Gasteiger partial charge in [-0.3, -0.25) is 0 Å². The highest BCUT2D eigenvalue weighted by Crippen LogP contribution is 2.39. The molecule has 2 rings (SSSR count). The first kappa shape index (κ1) is 10.4. The number of hydrogen-bond donors (Lipinski definition) is 1. The summed E-state index contributed by atoms with van der Waals surface area (Å²) in [5.74, 6) is 0.868. The fourth-order valence-electron chi connectivity index (χ4n) is 1.76. The van der Waals surface area contributed by atoms with Crippen LogP contribution in [0.3, 0.4) is 0 Å². The van der Waals surface area contributed by atoms with Crippen LogP contribution in [0.5, 0.6) is 0 Å².